The molecule has 4 nitrogen and oxygen atoms in total. The minimum absolute atomic E-state index is 0.285. The Kier molecular flexibility index (Phi) is 7.99. The normalized spacial score (nSPS) is 16.6. The number of hydrogen-bond donors (Lipinski definition) is 0. The third kappa shape index (κ3) is 6.10. The fraction of sp³-hybridized carbons (Fsp3) is 0.550. The Balaban J connectivity index is 1.64. The quantitative estimate of drug-likeness (QED) is 0.733. The van der Waals surface area contributed by atoms with Gasteiger partial charge in [-0.25, -0.2) is 0 Å². The van der Waals surface area contributed by atoms with Gasteiger partial charge in [0.25, 0.3) is 0 Å². The molecule has 2 rings (SSSR count). The molecular formula is C20H31N3O. The van der Waals surface area contributed by atoms with E-state index in [2.05, 4.69) is 46.2 Å². The molecule has 0 unspecified atom stereocenters. The SMILES string of the molecule is CCN(CC)C(=O)CCN1CCN(C/C=C/c2ccccc2)CC1. The van der Waals surface area contributed by atoms with Crippen LogP contribution in [0.3, 0.4) is 0 Å². The molecule has 0 aliphatic carbocycles. The maximum Gasteiger partial charge on any atom is 0.223 e. The topological polar surface area (TPSA) is 26.8 Å². The Hall–Kier alpha value is -1.65. The van der Waals surface area contributed by atoms with Crippen molar-refractivity contribution in [2.75, 3.05) is 52.4 Å². The highest BCUT2D eigenvalue weighted by molar-refractivity contribution is 5.76. The molecule has 1 fully saturated rings. The largest absolute Gasteiger partial charge is 0.343 e. The van der Waals surface area contributed by atoms with Crippen LogP contribution in [0.5, 0.6) is 0 Å². The molecule has 0 spiro atoms. The first-order valence-electron chi connectivity index (χ1n) is 9.17. The Bertz CT molecular complexity index is 503. The molecule has 0 atom stereocenters. The van der Waals surface area contributed by atoms with Crippen molar-refractivity contribution >= 4 is 12.0 Å². The second kappa shape index (κ2) is 10.3. The Labute approximate surface area is 146 Å². The van der Waals surface area contributed by atoms with Gasteiger partial charge in [-0.3, -0.25) is 9.69 Å². The summed E-state index contributed by atoms with van der Waals surface area (Å²) in [7, 11) is 0. The van der Waals surface area contributed by atoms with Gasteiger partial charge in [-0.1, -0.05) is 42.5 Å². The second-order valence-electron chi connectivity index (χ2n) is 6.27. The molecule has 132 valence electrons. The van der Waals surface area contributed by atoms with E-state index in [0.29, 0.717) is 6.42 Å². The Morgan fingerprint density at radius 2 is 1.67 bits per heavy atom. The zero-order valence-corrected chi connectivity index (χ0v) is 15.2. The van der Waals surface area contributed by atoms with Crippen LogP contribution in [0, 0.1) is 0 Å². The summed E-state index contributed by atoms with van der Waals surface area (Å²) >= 11 is 0. The first kappa shape index (κ1) is 18.7. The second-order valence-corrected chi connectivity index (χ2v) is 6.27. The number of amides is 1. The summed E-state index contributed by atoms with van der Waals surface area (Å²) in [6.45, 7) is 11.9. The molecule has 1 saturated heterocycles. The van der Waals surface area contributed by atoms with Crippen LogP contribution >= 0.6 is 0 Å². The average molecular weight is 329 g/mol. The van der Waals surface area contributed by atoms with E-state index < -0.39 is 0 Å². The van der Waals surface area contributed by atoms with Crippen LogP contribution in [-0.4, -0.2) is 73.0 Å². The van der Waals surface area contributed by atoms with Crippen molar-refractivity contribution in [3.63, 3.8) is 0 Å². The number of rotatable bonds is 8. The van der Waals surface area contributed by atoms with Crippen LogP contribution in [0.2, 0.25) is 0 Å². The molecule has 1 aromatic rings. The molecule has 4 heteroatoms. The molecule has 0 radical (unpaired) electrons. The molecule has 24 heavy (non-hydrogen) atoms. The van der Waals surface area contributed by atoms with Crippen LogP contribution in [-0.2, 0) is 4.79 Å². The van der Waals surface area contributed by atoms with Gasteiger partial charge in [0.1, 0.15) is 0 Å². The highest BCUT2D eigenvalue weighted by Gasteiger charge is 2.17. The van der Waals surface area contributed by atoms with Crippen molar-refractivity contribution < 1.29 is 4.79 Å². The molecule has 1 aliphatic heterocycles. The van der Waals surface area contributed by atoms with E-state index in [9.17, 15) is 4.79 Å². The van der Waals surface area contributed by atoms with Gasteiger partial charge >= 0.3 is 0 Å². The lowest BCUT2D eigenvalue weighted by Crippen LogP contribution is -2.47. The molecule has 0 aromatic heterocycles. The first-order valence-corrected chi connectivity index (χ1v) is 9.17. The lowest BCUT2D eigenvalue weighted by molar-refractivity contribution is -0.131. The number of piperazine rings is 1. The Morgan fingerprint density at radius 1 is 1.04 bits per heavy atom. The number of benzene rings is 1. The summed E-state index contributed by atoms with van der Waals surface area (Å²) in [4.78, 5) is 18.9. The number of nitrogens with zero attached hydrogens (tertiary/aromatic N) is 3. The average Bonchev–Trinajstić information content (AvgIpc) is 2.63. The molecular weight excluding hydrogens is 298 g/mol. The van der Waals surface area contributed by atoms with Gasteiger partial charge in [-0.05, 0) is 19.4 Å². The van der Waals surface area contributed by atoms with E-state index in [1.807, 2.05) is 24.8 Å². The van der Waals surface area contributed by atoms with Gasteiger partial charge in [-0.2, -0.15) is 0 Å². The highest BCUT2D eigenvalue weighted by Crippen LogP contribution is 2.06. The van der Waals surface area contributed by atoms with E-state index in [4.69, 9.17) is 0 Å². The van der Waals surface area contributed by atoms with E-state index in [-0.39, 0.29) is 5.91 Å². The fourth-order valence-corrected chi connectivity index (χ4v) is 3.09. The third-order valence-corrected chi connectivity index (χ3v) is 4.70. The standard InChI is InChI=1S/C20H31N3O/c1-3-23(4-2)20(24)12-14-22-17-15-21(16-18-22)13-8-11-19-9-6-5-7-10-19/h5-11H,3-4,12-18H2,1-2H3/b11-8+. The molecule has 1 heterocycles. The van der Waals surface area contributed by atoms with Gasteiger partial charge in [0.05, 0.1) is 0 Å². The monoisotopic (exact) mass is 329 g/mol. The fourth-order valence-electron chi connectivity index (χ4n) is 3.09. The van der Waals surface area contributed by atoms with Crippen molar-refractivity contribution in [3.8, 4) is 0 Å². The number of carbonyl (C=O) groups is 1. The summed E-state index contributed by atoms with van der Waals surface area (Å²) in [5.74, 6) is 0.285. The van der Waals surface area contributed by atoms with E-state index >= 15 is 0 Å². The van der Waals surface area contributed by atoms with Gasteiger partial charge < -0.3 is 9.80 Å². The lowest BCUT2D eigenvalue weighted by atomic mass is 10.2. The van der Waals surface area contributed by atoms with Crippen LogP contribution < -0.4 is 0 Å². The Morgan fingerprint density at radius 3 is 2.29 bits per heavy atom. The van der Waals surface area contributed by atoms with Crippen molar-refractivity contribution in [1.29, 1.82) is 0 Å². The van der Waals surface area contributed by atoms with Crippen LogP contribution in [0.4, 0.5) is 0 Å². The van der Waals surface area contributed by atoms with Gasteiger partial charge in [-0.15, -0.1) is 0 Å². The molecule has 0 N–H and O–H groups in total. The maximum absolute atomic E-state index is 12.1. The zero-order valence-electron chi connectivity index (χ0n) is 15.2. The van der Waals surface area contributed by atoms with Gasteiger partial charge in [0, 0.05) is 58.8 Å². The van der Waals surface area contributed by atoms with Crippen molar-refractivity contribution in [1.82, 2.24) is 14.7 Å². The molecule has 0 bridgehead atoms. The predicted octanol–water partition coefficient (Wildman–Crippen LogP) is 2.58. The lowest BCUT2D eigenvalue weighted by Gasteiger charge is -2.34. The summed E-state index contributed by atoms with van der Waals surface area (Å²) in [6, 6.07) is 10.4. The zero-order chi connectivity index (χ0) is 17.2. The third-order valence-electron chi connectivity index (χ3n) is 4.70. The summed E-state index contributed by atoms with van der Waals surface area (Å²) in [6.07, 6.45) is 5.08. The van der Waals surface area contributed by atoms with Crippen molar-refractivity contribution in [2.45, 2.75) is 20.3 Å². The minimum atomic E-state index is 0.285. The van der Waals surface area contributed by atoms with Crippen LogP contribution in [0.1, 0.15) is 25.8 Å². The molecule has 0 saturated carbocycles. The van der Waals surface area contributed by atoms with E-state index in [0.717, 1.165) is 52.4 Å². The smallest absolute Gasteiger partial charge is 0.223 e. The van der Waals surface area contributed by atoms with E-state index in [1.54, 1.807) is 0 Å². The van der Waals surface area contributed by atoms with Crippen molar-refractivity contribution in [3.05, 3.63) is 42.0 Å². The summed E-state index contributed by atoms with van der Waals surface area (Å²) in [5.41, 5.74) is 1.26. The first-order chi connectivity index (χ1) is 11.7. The summed E-state index contributed by atoms with van der Waals surface area (Å²) < 4.78 is 0. The molecule has 1 aromatic carbocycles. The summed E-state index contributed by atoms with van der Waals surface area (Å²) in [5, 5.41) is 0. The van der Waals surface area contributed by atoms with E-state index in [1.165, 1.54) is 5.56 Å². The van der Waals surface area contributed by atoms with Crippen LogP contribution in [0.15, 0.2) is 36.4 Å². The minimum Gasteiger partial charge on any atom is -0.343 e. The van der Waals surface area contributed by atoms with Gasteiger partial charge in [0.15, 0.2) is 0 Å². The van der Waals surface area contributed by atoms with Crippen LogP contribution in [0.25, 0.3) is 6.08 Å². The molecule has 1 aliphatic rings. The van der Waals surface area contributed by atoms with Crippen molar-refractivity contribution in [2.24, 2.45) is 0 Å². The maximum atomic E-state index is 12.1. The van der Waals surface area contributed by atoms with Gasteiger partial charge in [0.2, 0.25) is 5.91 Å². The highest BCUT2D eigenvalue weighted by atomic mass is 16.2. The number of hydrogen-bond acceptors (Lipinski definition) is 3. The molecule has 1 amide bonds. The number of carbonyl (C=O) groups excluding carboxylic acids is 1. The predicted molar refractivity (Wildman–Crippen MR) is 101 cm³/mol.